The van der Waals surface area contributed by atoms with E-state index in [0.29, 0.717) is 18.7 Å². The summed E-state index contributed by atoms with van der Waals surface area (Å²) in [6.45, 7) is 4.48. The molecule has 16 heavy (non-hydrogen) atoms. The van der Waals surface area contributed by atoms with Gasteiger partial charge in [0.2, 0.25) is 0 Å². The maximum Gasteiger partial charge on any atom is 0.254 e. The molecule has 0 aliphatic rings. The van der Waals surface area contributed by atoms with Crippen molar-refractivity contribution < 1.29 is 9.53 Å². The van der Waals surface area contributed by atoms with Gasteiger partial charge in [-0.25, -0.2) is 4.98 Å². The zero-order valence-electron chi connectivity index (χ0n) is 8.78. The number of aromatic nitrogens is 1. The zero-order chi connectivity index (χ0) is 11.8. The van der Waals surface area contributed by atoms with Gasteiger partial charge in [-0.1, -0.05) is 18.2 Å². The van der Waals surface area contributed by atoms with Crippen LogP contribution in [-0.2, 0) is 4.74 Å². The van der Waals surface area contributed by atoms with Crippen molar-refractivity contribution in [1.82, 2.24) is 10.3 Å². The molecule has 5 heteroatoms. The lowest BCUT2D eigenvalue weighted by Crippen LogP contribution is -2.25. The van der Waals surface area contributed by atoms with E-state index in [-0.39, 0.29) is 11.1 Å². The molecular weight excluding hydrogens is 228 g/mol. The van der Waals surface area contributed by atoms with Gasteiger partial charge in [-0.15, -0.1) is 0 Å². The van der Waals surface area contributed by atoms with Crippen molar-refractivity contribution in [1.29, 1.82) is 0 Å². The lowest BCUT2D eigenvalue weighted by atomic mass is 10.2. The third-order valence-corrected chi connectivity index (χ3v) is 2.15. The van der Waals surface area contributed by atoms with Crippen molar-refractivity contribution in [3.63, 3.8) is 0 Å². The predicted octanol–water partition coefficient (Wildman–Crippen LogP) is 2.02. The van der Waals surface area contributed by atoms with Crippen LogP contribution in [0, 0.1) is 0 Å². The van der Waals surface area contributed by atoms with Crippen LogP contribution in [0.4, 0.5) is 0 Å². The molecule has 86 valence electrons. The summed E-state index contributed by atoms with van der Waals surface area (Å²) >= 11 is 5.77. The Bertz CT molecular complexity index is 369. The van der Waals surface area contributed by atoms with Crippen LogP contribution in [0.25, 0.3) is 0 Å². The smallest absolute Gasteiger partial charge is 0.254 e. The zero-order valence-corrected chi connectivity index (χ0v) is 9.54. The number of pyridine rings is 1. The molecule has 1 amide bonds. The Labute approximate surface area is 99.3 Å². The molecule has 0 aromatic carbocycles. The predicted molar refractivity (Wildman–Crippen MR) is 62.3 cm³/mol. The van der Waals surface area contributed by atoms with Gasteiger partial charge in [0.1, 0.15) is 5.15 Å². The normalized spacial score (nSPS) is 9.56. The number of rotatable bonds is 6. The summed E-state index contributed by atoms with van der Waals surface area (Å²) in [5.41, 5.74) is 0.383. The maximum absolute atomic E-state index is 11.6. The van der Waals surface area contributed by atoms with Crippen molar-refractivity contribution in [2.45, 2.75) is 6.42 Å². The highest BCUT2D eigenvalue weighted by Crippen LogP contribution is 2.10. The lowest BCUT2D eigenvalue weighted by molar-refractivity contribution is 0.0950. The molecule has 0 atom stereocenters. The highest BCUT2D eigenvalue weighted by atomic mass is 35.5. The highest BCUT2D eigenvalue weighted by Gasteiger charge is 2.09. The Balaban J connectivity index is 2.36. The molecule has 0 unspecified atom stereocenters. The van der Waals surface area contributed by atoms with Crippen LogP contribution in [-0.4, -0.2) is 24.0 Å². The Hall–Kier alpha value is -1.55. The summed E-state index contributed by atoms with van der Waals surface area (Å²) in [6, 6.07) is 3.30. The molecule has 0 fully saturated rings. The number of ether oxygens (including phenoxy) is 1. The molecule has 1 heterocycles. The maximum atomic E-state index is 11.6. The second-order valence-corrected chi connectivity index (χ2v) is 3.35. The van der Waals surface area contributed by atoms with E-state index in [4.69, 9.17) is 16.3 Å². The fourth-order valence-corrected chi connectivity index (χ4v) is 1.30. The number of halogens is 1. The summed E-state index contributed by atoms with van der Waals surface area (Å²) in [6.07, 6.45) is 3.63. The molecule has 0 spiro atoms. The van der Waals surface area contributed by atoms with E-state index < -0.39 is 0 Å². The van der Waals surface area contributed by atoms with Crippen LogP contribution >= 0.6 is 11.6 Å². The van der Waals surface area contributed by atoms with Gasteiger partial charge in [-0.3, -0.25) is 4.79 Å². The minimum absolute atomic E-state index is 0.211. The van der Waals surface area contributed by atoms with Crippen LogP contribution in [0.1, 0.15) is 16.8 Å². The summed E-state index contributed by atoms with van der Waals surface area (Å²) in [7, 11) is 0. The van der Waals surface area contributed by atoms with Crippen molar-refractivity contribution >= 4 is 17.5 Å². The Morgan fingerprint density at radius 2 is 2.50 bits per heavy atom. The molecule has 0 saturated heterocycles. The average molecular weight is 241 g/mol. The van der Waals surface area contributed by atoms with Gasteiger partial charge in [0.15, 0.2) is 0 Å². The van der Waals surface area contributed by atoms with Crippen molar-refractivity contribution in [2.75, 3.05) is 13.2 Å². The Morgan fingerprint density at radius 3 is 3.19 bits per heavy atom. The number of amides is 1. The van der Waals surface area contributed by atoms with E-state index in [1.165, 1.54) is 12.5 Å². The van der Waals surface area contributed by atoms with E-state index in [9.17, 15) is 4.79 Å². The first kappa shape index (κ1) is 12.5. The average Bonchev–Trinajstić information content (AvgIpc) is 2.29. The third-order valence-electron chi connectivity index (χ3n) is 1.85. The monoisotopic (exact) mass is 240 g/mol. The molecule has 1 aromatic heterocycles. The van der Waals surface area contributed by atoms with E-state index in [1.807, 2.05) is 0 Å². The number of hydrogen-bond donors (Lipinski definition) is 1. The lowest BCUT2D eigenvalue weighted by Gasteiger charge is -2.05. The second-order valence-electron chi connectivity index (χ2n) is 2.99. The third kappa shape index (κ3) is 3.90. The number of carbonyl (C=O) groups excluding carboxylic acids is 1. The van der Waals surface area contributed by atoms with E-state index in [1.54, 1.807) is 12.1 Å². The molecular formula is C11H13ClN2O2. The SMILES string of the molecule is C=COCCCNC(=O)c1cccnc1Cl. The molecule has 0 bridgehead atoms. The van der Waals surface area contributed by atoms with Crippen LogP contribution < -0.4 is 5.32 Å². The van der Waals surface area contributed by atoms with Crippen LogP contribution in [0.3, 0.4) is 0 Å². The van der Waals surface area contributed by atoms with Gasteiger partial charge in [-0.2, -0.15) is 0 Å². The summed E-state index contributed by atoms with van der Waals surface area (Å²) in [4.78, 5) is 15.4. The standard InChI is InChI=1S/C11H13ClN2O2/c1-2-16-8-4-7-14-11(15)9-5-3-6-13-10(9)12/h2-3,5-6H,1,4,7-8H2,(H,14,15). The minimum Gasteiger partial charge on any atom is -0.502 e. The van der Waals surface area contributed by atoms with Gasteiger partial charge in [-0.05, 0) is 18.6 Å². The van der Waals surface area contributed by atoms with Crippen molar-refractivity contribution in [3.05, 3.63) is 41.9 Å². The molecule has 0 aliphatic carbocycles. The van der Waals surface area contributed by atoms with Gasteiger partial charge >= 0.3 is 0 Å². The number of nitrogens with zero attached hydrogens (tertiary/aromatic N) is 1. The van der Waals surface area contributed by atoms with Crippen molar-refractivity contribution in [2.24, 2.45) is 0 Å². The van der Waals surface area contributed by atoms with Gasteiger partial charge in [0.05, 0.1) is 18.4 Å². The quantitative estimate of drug-likeness (QED) is 0.470. The summed E-state index contributed by atoms with van der Waals surface area (Å²) in [5.74, 6) is -0.225. The van der Waals surface area contributed by atoms with Crippen LogP contribution in [0.2, 0.25) is 5.15 Å². The molecule has 0 aliphatic heterocycles. The second kappa shape index (κ2) is 6.85. The fraction of sp³-hybridized carbons (Fsp3) is 0.273. The van der Waals surface area contributed by atoms with Gasteiger partial charge < -0.3 is 10.1 Å². The molecule has 1 rings (SSSR count). The largest absolute Gasteiger partial charge is 0.502 e. The summed E-state index contributed by atoms with van der Waals surface area (Å²) in [5, 5.41) is 2.93. The molecule has 4 nitrogen and oxygen atoms in total. The topological polar surface area (TPSA) is 51.2 Å². The molecule has 1 aromatic rings. The van der Waals surface area contributed by atoms with E-state index in [2.05, 4.69) is 16.9 Å². The van der Waals surface area contributed by atoms with Crippen LogP contribution in [0.5, 0.6) is 0 Å². The first-order chi connectivity index (χ1) is 7.75. The molecule has 1 N–H and O–H groups in total. The highest BCUT2D eigenvalue weighted by molar-refractivity contribution is 6.32. The number of hydrogen-bond acceptors (Lipinski definition) is 3. The van der Waals surface area contributed by atoms with Gasteiger partial charge in [0.25, 0.3) is 5.91 Å². The van der Waals surface area contributed by atoms with Crippen molar-refractivity contribution in [3.8, 4) is 0 Å². The first-order valence-corrected chi connectivity index (χ1v) is 5.24. The van der Waals surface area contributed by atoms with Gasteiger partial charge in [0, 0.05) is 12.7 Å². The van der Waals surface area contributed by atoms with E-state index >= 15 is 0 Å². The first-order valence-electron chi connectivity index (χ1n) is 4.87. The van der Waals surface area contributed by atoms with E-state index in [0.717, 1.165) is 6.42 Å². The Morgan fingerprint density at radius 1 is 1.69 bits per heavy atom. The Kier molecular flexibility index (Phi) is 5.36. The number of carbonyl (C=O) groups is 1. The minimum atomic E-state index is -0.225. The summed E-state index contributed by atoms with van der Waals surface area (Å²) < 4.78 is 4.92. The number of nitrogens with one attached hydrogen (secondary N) is 1. The fourth-order valence-electron chi connectivity index (χ4n) is 1.09. The molecule has 0 saturated carbocycles. The van der Waals surface area contributed by atoms with Crippen LogP contribution in [0.15, 0.2) is 31.2 Å². The molecule has 0 radical (unpaired) electrons.